The number of carbonyl (C=O) groups is 2. The predicted octanol–water partition coefficient (Wildman–Crippen LogP) is 2.55. The van der Waals surface area contributed by atoms with Crippen molar-refractivity contribution in [3.8, 4) is 5.75 Å². The predicted molar refractivity (Wildman–Crippen MR) is 79.9 cm³/mol. The highest BCUT2D eigenvalue weighted by Crippen LogP contribution is 2.26. The monoisotopic (exact) mass is 360 g/mol. The molecule has 1 rings (SSSR count). The van der Waals surface area contributed by atoms with Crippen LogP contribution in [-0.4, -0.2) is 17.9 Å². The maximum atomic E-state index is 12.9. The Hall–Kier alpha value is -1.63. The summed E-state index contributed by atoms with van der Waals surface area (Å²) >= 11 is 3.15. The Kier molecular flexibility index (Phi) is 6.61. The zero-order valence-electron chi connectivity index (χ0n) is 12.1. The lowest BCUT2D eigenvalue weighted by molar-refractivity contribution is -0.133. The van der Waals surface area contributed by atoms with Gasteiger partial charge in [-0.15, -0.1) is 0 Å². The summed E-state index contributed by atoms with van der Waals surface area (Å²) in [7, 11) is 0. The minimum atomic E-state index is -0.842. The van der Waals surface area contributed by atoms with Crippen LogP contribution in [0, 0.1) is 11.7 Å². The van der Waals surface area contributed by atoms with Crippen molar-refractivity contribution in [1.82, 2.24) is 10.9 Å². The minimum Gasteiger partial charge on any atom is -0.480 e. The van der Waals surface area contributed by atoms with Crippen LogP contribution in [0.4, 0.5) is 4.39 Å². The zero-order chi connectivity index (χ0) is 16.0. The van der Waals surface area contributed by atoms with E-state index in [1.165, 1.54) is 25.1 Å². The highest BCUT2D eigenvalue weighted by atomic mass is 79.9. The Balaban J connectivity index is 2.49. The molecule has 1 unspecified atom stereocenters. The molecule has 1 aromatic rings. The van der Waals surface area contributed by atoms with Crippen molar-refractivity contribution >= 4 is 27.7 Å². The average Bonchev–Trinajstić information content (AvgIpc) is 2.38. The molecule has 2 N–H and O–H groups in total. The van der Waals surface area contributed by atoms with Crippen LogP contribution >= 0.6 is 15.9 Å². The summed E-state index contributed by atoms with van der Waals surface area (Å²) in [6.07, 6.45) is -0.523. The van der Waals surface area contributed by atoms with E-state index in [0.29, 0.717) is 16.6 Å². The first-order valence-electron chi connectivity index (χ1n) is 6.50. The van der Waals surface area contributed by atoms with E-state index >= 15 is 0 Å². The molecule has 1 atom stereocenters. The van der Waals surface area contributed by atoms with Gasteiger partial charge in [0.2, 0.25) is 5.91 Å². The molecule has 0 aliphatic rings. The first-order chi connectivity index (χ1) is 9.79. The number of nitrogens with one attached hydrogen (secondary N) is 2. The van der Waals surface area contributed by atoms with Crippen LogP contribution in [0.5, 0.6) is 5.75 Å². The second kappa shape index (κ2) is 7.97. The number of hydrogen-bond acceptors (Lipinski definition) is 3. The Morgan fingerprint density at radius 2 is 1.95 bits per heavy atom. The van der Waals surface area contributed by atoms with Gasteiger partial charge in [0.25, 0.3) is 5.91 Å². The van der Waals surface area contributed by atoms with Crippen LogP contribution < -0.4 is 15.6 Å². The zero-order valence-corrected chi connectivity index (χ0v) is 13.7. The second-order valence-corrected chi connectivity index (χ2v) is 5.82. The van der Waals surface area contributed by atoms with Crippen LogP contribution in [0.2, 0.25) is 0 Å². The van der Waals surface area contributed by atoms with Crippen LogP contribution in [0.1, 0.15) is 27.2 Å². The molecular weight excluding hydrogens is 343 g/mol. The lowest BCUT2D eigenvalue weighted by Gasteiger charge is -2.16. The van der Waals surface area contributed by atoms with Gasteiger partial charge in [0, 0.05) is 6.42 Å². The number of ether oxygens (including phenoxy) is 1. The summed E-state index contributed by atoms with van der Waals surface area (Å²) in [5, 5.41) is 0. The molecule has 0 bridgehead atoms. The molecule has 0 radical (unpaired) electrons. The van der Waals surface area contributed by atoms with E-state index in [-0.39, 0.29) is 11.8 Å². The molecule has 0 saturated carbocycles. The molecule has 1 aromatic carbocycles. The summed E-state index contributed by atoms with van der Waals surface area (Å²) in [5.41, 5.74) is 4.60. The standard InChI is InChI=1S/C14H18BrFN2O3/c1-8(2)6-13(19)17-18-14(20)9(3)21-12-5-4-10(16)7-11(12)15/h4-5,7-9H,6H2,1-3H3,(H,17,19)(H,18,20). The summed E-state index contributed by atoms with van der Waals surface area (Å²) in [5.74, 6) is -0.637. The molecule has 0 aliphatic carbocycles. The van der Waals surface area contributed by atoms with Gasteiger partial charge in [-0.3, -0.25) is 20.4 Å². The van der Waals surface area contributed by atoms with Gasteiger partial charge in [-0.1, -0.05) is 13.8 Å². The second-order valence-electron chi connectivity index (χ2n) is 4.97. The number of amides is 2. The molecule has 0 spiro atoms. The topological polar surface area (TPSA) is 67.4 Å². The quantitative estimate of drug-likeness (QED) is 0.793. The molecule has 0 aromatic heterocycles. The number of hydrogen-bond donors (Lipinski definition) is 2. The molecule has 0 saturated heterocycles. The largest absolute Gasteiger partial charge is 0.480 e. The number of benzene rings is 1. The number of rotatable bonds is 5. The van der Waals surface area contributed by atoms with Crippen molar-refractivity contribution < 1.29 is 18.7 Å². The fraction of sp³-hybridized carbons (Fsp3) is 0.429. The van der Waals surface area contributed by atoms with Gasteiger partial charge in [0.15, 0.2) is 6.10 Å². The third kappa shape index (κ3) is 6.12. The third-order valence-electron chi connectivity index (χ3n) is 2.49. The molecule has 7 heteroatoms. The van der Waals surface area contributed by atoms with E-state index in [0.717, 1.165) is 0 Å². The van der Waals surface area contributed by atoms with Gasteiger partial charge in [-0.2, -0.15) is 0 Å². The Labute approximate surface area is 131 Å². The summed E-state index contributed by atoms with van der Waals surface area (Å²) in [6.45, 7) is 5.33. The maximum Gasteiger partial charge on any atom is 0.279 e. The van der Waals surface area contributed by atoms with E-state index < -0.39 is 17.8 Å². The smallest absolute Gasteiger partial charge is 0.279 e. The first kappa shape index (κ1) is 17.4. The van der Waals surface area contributed by atoms with E-state index in [1.807, 2.05) is 13.8 Å². The van der Waals surface area contributed by atoms with Crippen molar-refractivity contribution in [1.29, 1.82) is 0 Å². The highest BCUT2D eigenvalue weighted by Gasteiger charge is 2.17. The lowest BCUT2D eigenvalue weighted by atomic mass is 10.1. The molecule has 0 aliphatic heterocycles. The van der Waals surface area contributed by atoms with Crippen molar-refractivity contribution in [2.24, 2.45) is 5.92 Å². The molecule has 0 heterocycles. The minimum absolute atomic E-state index is 0.200. The van der Waals surface area contributed by atoms with Gasteiger partial charge in [0.1, 0.15) is 11.6 Å². The van der Waals surface area contributed by atoms with E-state index in [1.54, 1.807) is 0 Å². The fourth-order valence-electron chi connectivity index (χ4n) is 1.47. The lowest BCUT2D eigenvalue weighted by Crippen LogP contribution is -2.47. The maximum absolute atomic E-state index is 12.9. The molecule has 116 valence electrons. The Morgan fingerprint density at radius 3 is 2.52 bits per heavy atom. The Bertz CT molecular complexity index is 523. The van der Waals surface area contributed by atoms with Crippen LogP contribution in [-0.2, 0) is 9.59 Å². The SMILES string of the molecule is CC(C)CC(=O)NNC(=O)C(C)Oc1ccc(F)cc1Br. The number of carbonyl (C=O) groups excluding carboxylic acids is 2. The van der Waals surface area contributed by atoms with Gasteiger partial charge in [-0.05, 0) is 47.0 Å². The molecule has 0 fully saturated rings. The van der Waals surface area contributed by atoms with Crippen molar-refractivity contribution in [3.05, 3.63) is 28.5 Å². The molecule has 21 heavy (non-hydrogen) atoms. The van der Waals surface area contributed by atoms with Gasteiger partial charge >= 0.3 is 0 Å². The summed E-state index contributed by atoms with van der Waals surface area (Å²) in [6, 6.07) is 3.89. The average molecular weight is 361 g/mol. The van der Waals surface area contributed by atoms with Crippen molar-refractivity contribution in [2.75, 3.05) is 0 Å². The number of halogens is 2. The highest BCUT2D eigenvalue weighted by molar-refractivity contribution is 9.10. The molecule has 2 amide bonds. The Morgan fingerprint density at radius 1 is 1.29 bits per heavy atom. The van der Waals surface area contributed by atoms with Crippen molar-refractivity contribution in [3.63, 3.8) is 0 Å². The van der Waals surface area contributed by atoms with Crippen molar-refractivity contribution in [2.45, 2.75) is 33.3 Å². The summed E-state index contributed by atoms with van der Waals surface area (Å²) in [4.78, 5) is 23.2. The number of hydrazine groups is 1. The van der Waals surface area contributed by atoms with Gasteiger partial charge in [-0.25, -0.2) is 4.39 Å². The van der Waals surface area contributed by atoms with E-state index in [4.69, 9.17) is 4.74 Å². The molecular formula is C14H18BrFN2O3. The van der Waals surface area contributed by atoms with E-state index in [9.17, 15) is 14.0 Å². The normalized spacial score (nSPS) is 11.9. The van der Waals surface area contributed by atoms with Crippen LogP contribution in [0.3, 0.4) is 0 Å². The fourth-order valence-corrected chi connectivity index (χ4v) is 1.91. The first-order valence-corrected chi connectivity index (χ1v) is 7.29. The molecule has 5 nitrogen and oxygen atoms in total. The van der Waals surface area contributed by atoms with Gasteiger partial charge < -0.3 is 4.74 Å². The summed E-state index contributed by atoms with van der Waals surface area (Å²) < 4.78 is 18.8. The van der Waals surface area contributed by atoms with E-state index in [2.05, 4.69) is 26.8 Å². The third-order valence-corrected chi connectivity index (χ3v) is 3.11. The van der Waals surface area contributed by atoms with Crippen LogP contribution in [0.25, 0.3) is 0 Å². The van der Waals surface area contributed by atoms with Gasteiger partial charge in [0.05, 0.1) is 4.47 Å². The van der Waals surface area contributed by atoms with Crippen LogP contribution in [0.15, 0.2) is 22.7 Å².